The lowest BCUT2D eigenvalue weighted by atomic mass is 9.95. The van der Waals surface area contributed by atoms with E-state index in [9.17, 15) is 18.0 Å². The van der Waals surface area contributed by atoms with E-state index in [-0.39, 0.29) is 37.6 Å². The Balaban J connectivity index is 1.55. The molecule has 3 aromatic carbocycles. The summed E-state index contributed by atoms with van der Waals surface area (Å²) < 4.78 is 51.7. The lowest BCUT2D eigenvalue weighted by Crippen LogP contribution is -2.46. The van der Waals surface area contributed by atoms with Crippen molar-refractivity contribution in [2.45, 2.75) is 31.1 Å². The van der Waals surface area contributed by atoms with Gasteiger partial charge < -0.3 is 19.9 Å². The van der Waals surface area contributed by atoms with E-state index in [0.29, 0.717) is 24.3 Å². The minimum Gasteiger partial charge on any atom is -0.494 e. The van der Waals surface area contributed by atoms with Crippen LogP contribution in [0.2, 0.25) is 0 Å². The molecule has 0 radical (unpaired) electrons. The second-order valence-electron chi connectivity index (χ2n) is 9.04. The number of ether oxygens (including phenoxy) is 2. The van der Waals surface area contributed by atoms with E-state index in [1.807, 2.05) is 42.5 Å². The third-order valence-corrected chi connectivity index (χ3v) is 6.19. The first-order valence-corrected chi connectivity index (χ1v) is 12.5. The fourth-order valence-corrected chi connectivity index (χ4v) is 4.10. The second kappa shape index (κ2) is 12.6. The average molecular weight is 539 g/mol. The molecule has 0 aliphatic carbocycles. The van der Waals surface area contributed by atoms with Gasteiger partial charge in [-0.25, -0.2) is 4.99 Å². The van der Waals surface area contributed by atoms with Gasteiger partial charge in [0, 0.05) is 31.6 Å². The minimum atomic E-state index is -4.53. The molecule has 0 bridgehead atoms. The number of hydrogen-bond donors (Lipinski definition) is 2. The number of benzene rings is 3. The molecule has 2 N–H and O–H groups in total. The van der Waals surface area contributed by atoms with E-state index < -0.39 is 23.2 Å². The molecule has 0 aromatic heterocycles. The smallest absolute Gasteiger partial charge is 0.416 e. The molecular weight excluding hydrogens is 509 g/mol. The van der Waals surface area contributed by atoms with E-state index in [4.69, 9.17) is 14.6 Å². The van der Waals surface area contributed by atoms with Crippen LogP contribution in [-0.2, 0) is 22.3 Å². The van der Waals surface area contributed by atoms with E-state index in [1.165, 1.54) is 18.2 Å². The number of nitrogens with zero attached hydrogens (tertiary/aromatic N) is 1. The summed E-state index contributed by atoms with van der Waals surface area (Å²) in [5.74, 6) is 0.343. The van der Waals surface area contributed by atoms with E-state index in [2.05, 4.69) is 10.3 Å². The Bertz CT molecular complexity index is 1310. The lowest BCUT2D eigenvalue weighted by molar-refractivity contribution is -0.138. The van der Waals surface area contributed by atoms with Crippen molar-refractivity contribution in [3.05, 3.63) is 107 Å². The number of halogens is 3. The van der Waals surface area contributed by atoms with E-state index in [1.54, 1.807) is 24.3 Å². The maximum absolute atomic E-state index is 13.5. The molecule has 0 fully saturated rings. The first kappa shape index (κ1) is 27.9. The zero-order valence-electron chi connectivity index (χ0n) is 21.2. The van der Waals surface area contributed by atoms with Crippen LogP contribution in [0.4, 0.5) is 13.2 Å². The van der Waals surface area contributed by atoms with Gasteiger partial charge >= 0.3 is 6.18 Å². The Hall–Kier alpha value is -4.11. The van der Waals surface area contributed by atoms with Crippen LogP contribution in [0.5, 0.6) is 5.75 Å². The summed E-state index contributed by atoms with van der Waals surface area (Å²) >= 11 is 0. The highest BCUT2D eigenvalue weighted by Gasteiger charge is 2.43. The predicted octanol–water partition coefficient (Wildman–Crippen LogP) is 5.40. The Morgan fingerprint density at radius 1 is 1.05 bits per heavy atom. The van der Waals surface area contributed by atoms with Crippen LogP contribution in [0.25, 0.3) is 6.08 Å². The van der Waals surface area contributed by atoms with Gasteiger partial charge in [0.25, 0.3) is 5.91 Å². The van der Waals surface area contributed by atoms with Crippen molar-refractivity contribution in [3.63, 3.8) is 0 Å². The molecule has 0 unspecified atom stereocenters. The summed E-state index contributed by atoms with van der Waals surface area (Å²) in [6.07, 6.45) is -0.167. The summed E-state index contributed by atoms with van der Waals surface area (Å²) in [7, 11) is 0. The van der Waals surface area contributed by atoms with Crippen LogP contribution >= 0.6 is 0 Å². The van der Waals surface area contributed by atoms with Crippen molar-refractivity contribution in [1.29, 1.82) is 0 Å². The number of aliphatic hydroxyl groups is 1. The van der Waals surface area contributed by atoms with Crippen LogP contribution in [-0.4, -0.2) is 42.3 Å². The van der Waals surface area contributed by atoms with Crippen molar-refractivity contribution in [2.75, 3.05) is 19.8 Å². The molecule has 0 saturated carbocycles. The number of amides is 1. The molecular formula is C30H29F3N2O4. The topological polar surface area (TPSA) is 80.2 Å². The third-order valence-electron chi connectivity index (χ3n) is 6.19. The van der Waals surface area contributed by atoms with Gasteiger partial charge in [-0.15, -0.1) is 0 Å². The molecule has 6 nitrogen and oxygen atoms in total. The molecule has 1 heterocycles. The Morgan fingerprint density at radius 3 is 2.49 bits per heavy atom. The fourth-order valence-electron chi connectivity index (χ4n) is 4.10. The molecule has 204 valence electrons. The van der Waals surface area contributed by atoms with Crippen molar-refractivity contribution in [3.8, 4) is 5.75 Å². The Morgan fingerprint density at radius 2 is 1.77 bits per heavy atom. The maximum atomic E-state index is 13.5. The third kappa shape index (κ3) is 7.26. The molecule has 0 spiro atoms. The minimum absolute atomic E-state index is 0.0340. The average Bonchev–Trinajstić information content (AvgIpc) is 3.38. The van der Waals surface area contributed by atoms with Gasteiger partial charge in [0.15, 0.2) is 5.54 Å². The predicted molar refractivity (Wildman–Crippen MR) is 142 cm³/mol. The quantitative estimate of drug-likeness (QED) is 0.321. The number of carbonyl (C=O) groups is 1. The molecule has 1 atom stereocenters. The van der Waals surface area contributed by atoms with E-state index >= 15 is 0 Å². The Kier molecular flexibility index (Phi) is 9.03. The normalized spacial score (nSPS) is 17.1. The van der Waals surface area contributed by atoms with Gasteiger partial charge in [0.05, 0.1) is 12.2 Å². The Labute approximate surface area is 224 Å². The summed E-state index contributed by atoms with van der Waals surface area (Å²) in [4.78, 5) is 18.1. The molecule has 1 aliphatic heterocycles. The summed E-state index contributed by atoms with van der Waals surface area (Å²) in [6, 6.07) is 21.7. The molecule has 4 rings (SSSR count). The summed E-state index contributed by atoms with van der Waals surface area (Å²) in [5.41, 5.74) is -0.616. The first-order valence-electron chi connectivity index (χ1n) is 12.5. The number of alkyl halides is 3. The van der Waals surface area contributed by atoms with Gasteiger partial charge in [-0.1, -0.05) is 60.7 Å². The van der Waals surface area contributed by atoms with Crippen LogP contribution in [0, 0.1) is 0 Å². The number of nitrogens with one attached hydrogen (secondary N) is 1. The molecule has 0 saturated heterocycles. The van der Waals surface area contributed by atoms with Gasteiger partial charge in [-0.05, 0) is 41.5 Å². The SMILES string of the molecule is O=C(NCc1ccccc1C(F)(F)F)[C@@]1(C/C=C/c2ccccc2)COC(c2ccc(OCCCO)cc2)=N1. The number of aliphatic hydroxyl groups excluding tert-OH is 1. The molecule has 1 amide bonds. The monoisotopic (exact) mass is 538 g/mol. The first-order chi connectivity index (χ1) is 18.8. The standard InChI is InChI=1S/C30H29F3N2O4/c31-30(32,33)26-12-5-4-11-24(26)20-34-28(37)29(17-6-10-22-8-2-1-3-9-22)21-39-27(35-29)23-13-15-25(16-14-23)38-19-7-18-36/h1-6,8-16,36H,7,17-21H2,(H,34,37)/b10-6+/t29-/m1/s1. The number of hydrogen-bond acceptors (Lipinski definition) is 5. The highest BCUT2D eigenvalue weighted by molar-refractivity contribution is 6.00. The van der Waals surface area contributed by atoms with Crippen LogP contribution in [0.15, 0.2) is 89.9 Å². The lowest BCUT2D eigenvalue weighted by Gasteiger charge is -2.22. The van der Waals surface area contributed by atoms with Gasteiger partial charge in [-0.3, -0.25) is 4.79 Å². The fraction of sp³-hybridized carbons (Fsp3) is 0.267. The van der Waals surface area contributed by atoms with Crippen molar-refractivity contribution in [1.82, 2.24) is 5.32 Å². The van der Waals surface area contributed by atoms with Crippen molar-refractivity contribution < 1.29 is 32.5 Å². The molecule has 3 aromatic rings. The van der Waals surface area contributed by atoms with Gasteiger partial charge in [-0.2, -0.15) is 13.2 Å². The number of aliphatic imine (C=N–C) groups is 1. The van der Waals surface area contributed by atoms with Crippen molar-refractivity contribution in [2.24, 2.45) is 4.99 Å². The van der Waals surface area contributed by atoms with Crippen molar-refractivity contribution >= 4 is 17.9 Å². The molecule has 1 aliphatic rings. The summed E-state index contributed by atoms with van der Waals surface area (Å²) in [6.45, 7) is 0.0432. The number of carbonyl (C=O) groups excluding carboxylic acids is 1. The highest BCUT2D eigenvalue weighted by Crippen LogP contribution is 2.32. The molecule has 39 heavy (non-hydrogen) atoms. The largest absolute Gasteiger partial charge is 0.494 e. The molecule has 9 heteroatoms. The maximum Gasteiger partial charge on any atom is 0.416 e. The van der Waals surface area contributed by atoms with Crippen LogP contribution < -0.4 is 10.1 Å². The number of rotatable bonds is 11. The van der Waals surface area contributed by atoms with Gasteiger partial charge in [0.2, 0.25) is 5.90 Å². The highest BCUT2D eigenvalue weighted by atomic mass is 19.4. The van der Waals surface area contributed by atoms with E-state index in [0.717, 1.165) is 11.6 Å². The summed E-state index contributed by atoms with van der Waals surface area (Å²) in [5, 5.41) is 11.6. The van der Waals surface area contributed by atoms with Crippen LogP contribution in [0.1, 0.15) is 35.1 Å². The van der Waals surface area contributed by atoms with Gasteiger partial charge in [0.1, 0.15) is 12.4 Å². The zero-order valence-corrected chi connectivity index (χ0v) is 21.2. The zero-order chi connectivity index (χ0) is 27.7. The second-order valence-corrected chi connectivity index (χ2v) is 9.04. The van der Waals surface area contributed by atoms with Crippen LogP contribution in [0.3, 0.4) is 0 Å².